The van der Waals surface area contributed by atoms with Gasteiger partial charge in [0.15, 0.2) is 11.7 Å². The van der Waals surface area contributed by atoms with Gasteiger partial charge in [0.2, 0.25) is 6.29 Å². The summed E-state index contributed by atoms with van der Waals surface area (Å²) in [6.07, 6.45) is 3.20. The molecule has 12 heteroatoms. The van der Waals surface area contributed by atoms with E-state index in [1.54, 1.807) is 18.2 Å². The lowest BCUT2D eigenvalue weighted by Gasteiger charge is -2.47. The number of carboxylic acid groups (broad SMARTS) is 1. The number of benzene rings is 3. The van der Waals surface area contributed by atoms with Crippen LogP contribution < -0.4 is 14.8 Å². The minimum Gasteiger partial charge on any atom is -0.508 e. The Hall–Kier alpha value is -4.98. The van der Waals surface area contributed by atoms with Crippen molar-refractivity contribution >= 4 is 29.6 Å². The molecule has 0 radical (unpaired) electrons. The quantitative estimate of drug-likeness (QED) is 0.114. The number of aliphatic hydroxyl groups excluding tert-OH is 3. The second kappa shape index (κ2) is 17.0. The molecule has 1 saturated heterocycles. The first-order valence-electron chi connectivity index (χ1n) is 18.2. The van der Waals surface area contributed by atoms with E-state index in [4.69, 9.17) is 14.2 Å². The van der Waals surface area contributed by atoms with Gasteiger partial charge in [-0.15, -0.1) is 0 Å². The third kappa shape index (κ3) is 8.53. The Morgan fingerprint density at radius 1 is 1.11 bits per heavy atom. The Morgan fingerprint density at radius 2 is 1.89 bits per heavy atom. The molecule has 7 N–H and O–H groups in total. The van der Waals surface area contributed by atoms with Crippen molar-refractivity contribution < 1.29 is 49.6 Å². The lowest BCUT2D eigenvalue weighted by molar-refractivity contribution is -0.311. The molecule has 7 atom stereocenters. The zero-order valence-electron chi connectivity index (χ0n) is 30.3. The lowest BCUT2D eigenvalue weighted by atomic mass is 9.84. The summed E-state index contributed by atoms with van der Waals surface area (Å²) in [4.78, 5) is 16.4. The monoisotopic (exact) mass is 740 g/mol. The maximum absolute atomic E-state index is 12.0. The maximum Gasteiger partial charge on any atom is 0.335 e. The smallest absolute Gasteiger partial charge is 0.335 e. The topological polar surface area (TPSA) is 191 Å². The zero-order valence-corrected chi connectivity index (χ0v) is 30.3. The minimum absolute atomic E-state index is 0.0109. The van der Waals surface area contributed by atoms with Gasteiger partial charge >= 0.3 is 5.97 Å². The van der Waals surface area contributed by atoms with Gasteiger partial charge in [0, 0.05) is 24.4 Å². The molecule has 3 aromatic carbocycles. The fraction of sp³-hybridized carbons (Fsp3) is 0.381. The molecule has 6 rings (SSSR count). The number of nitrogens with zero attached hydrogens (tertiary/aromatic N) is 1. The summed E-state index contributed by atoms with van der Waals surface area (Å²) in [6.45, 7) is 5.04. The van der Waals surface area contributed by atoms with E-state index in [0.29, 0.717) is 29.8 Å². The van der Waals surface area contributed by atoms with Crippen molar-refractivity contribution in [2.45, 2.75) is 63.3 Å². The summed E-state index contributed by atoms with van der Waals surface area (Å²) >= 11 is 0. The Kier molecular flexibility index (Phi) is 12.2. The largest absolute Gasteiger partial charge is 0.508 e. The third-order valence-electron chi connectivity index (χ3n) is 10.5. The van der Waals surface area contributed by atoms with E-state index >= 15 is 0 Å². The van der Waals surface area contributed by atoms with E-state index in [0.717, 1.165) is 24.8 Å². The van der Waals surface area contributed by atoms with Gasteiger partial charge in [0.1, 0.15) is 41.8 Å². The summed E-state index contributed by atoms with van der Waals surface area (Å²) in [5.41, 5.74) is 2.82. The number of carboxylic acids is 1. The van der Waals surface area contributed by atoms with Gasteiger partial charge in [0.25, 0.3) is 0 Å². The second-order valence-corrected chi connectivity index (χ2v) is 14.1. The molecule has 0 saturated carbocycles. The van der Waals surface area contributed by atoms with Crippen LogP contribution in [0.4, 0.5) is 0 Å². The molecule has 12 nitrogen and oxygen atoms in total. The number of allylic oxidation sites excluding steroid dienone is 2. The highest BCUT2D eigenvalue weighted by Crippen LogP contribution is 2.40. The molecule has 286 valence electrons. The van der Waals surface area contributed by atoms with Crippen LogP contribution in [0.3, 0.4) is 0 Å². The van der Waals surface area contributed by atoms with Crippen LogP contribution in [0.1, 0.15) is 48.9 Å². The fourth-order valence-corrected chi connectivity index (χ4v) is 7.12. The molecule has 0 bridgehead atoms. The summed E-state index contributed by atoms with van der Waals surface area (Å²) in [6, 6.07) is 19.1. The van der Waals surface area contributed by atoms with Crippen molar-refractivity contribution in [3.63, 3.8) is 0 Å². The summed E-state index contributed by atoms with van der Waals surface area (Å²) in [7, 11) is 0. The number of hydrogen-bond acceptors (Lipinski definition) is 11. The van der Waals surface area contributed by atoms with Crippen LogP contribution in [-0.2, 0) is 16.0 Å². The van der Waals surface area contributed by atoms with E-state index in [9.17, 15) is 35.4 Å². The number of aromatic hydroxyl groups is 1. The minimum atomic E-state index is -2.29. The average molecular weight is 741 g/mol. The summed E-state index contributed by atoms with van der Waals surface area (Å²) in [5, 5.41) is 67.8. The van der Waals surface area contributed by atoms with E-state index in [2.05, 4.69) is 54.5 Å². The van der Waals surface area contributed by atoms with Gasteiger partial charge in [-0.3, -0.25) is 4.99 Å². The van der Waals surface area contributed by atoms with E-state index in [-0.39, 0.29) is 48.0 Å². The van der Waals surface area contributed by atoms with Gasteiger partial charge in [-0.1, -0.05) is 68.5 Å². The molecule has 3 aromatic rings. The molecular weight excluding hydrogens is 692 g/mol. The number of phenols is 1. The highest BCUT2D eigenvalue weighted by Gasteiger charge is 2.58. The van der Waals surface area contributed by atoms with Crippen molar-refractivity contribution in [2.75, 3.05) is 26.2 Å². The predicted octanol–water partition coefficient (Wildman–Crippen LogP) is 4.76. The molecule has 54 heavy (non-hydrogen) atoms. The molecule has 0 spiro atoms. The number of ether oxygens (including phenoxy) is 3. The number of aryl methyl sites for hydroxylation is 1. The molecule has 3 aliphatic rings. The van der Waals surface area contributed by atoms with Crippen LogP contribution in [0.2, 0.25) is 0 Å². The Bertz CT molecular complexity index is 1920. The molecule has 7 unspecified atom stereocenters. The van der Waals surface area contributed by atoms with Crippen LogP contribution in [0.15, 0.2) is 89.4 Å². The highest BCUT2D eigenvalue weighted by molar-refractivity contribution is 5.91. The van der Waals surface area contributed by atoms with Crippen LogP contribution in [0, 0.1) is 11.8 Å². The van der Waals surface area contributed by atoms with Crippen LogP contribution in [0.5, 0.6) is 17.2 Å². The second-order valence-electron chi connectivity index (χ2n) is 14.1. The standard InChI is InChI=1S/C42H48N2O10/c1-3-27-8-4-5-9-28(27)10-6-7-25(2)30(19-26-17-18-43-21-26)22-44-24-42(51)39(48)37(47)38(40(49)50)54-41(42)53-32-15-16-33-35(20-32)52-23-34(36(33)46)29-11-13-31(45)14-12-29/h4-6,8-17,20-21,25,30,37-39,41,44-48,51H,3,7,18-19,22-24H2,1-2H3,(H,49,50). The van der Waals surface area contributed by atoms with E-state index in [1.165, 1.54) is 35.4 Å². The molecule has 0 aromatic heterocycles. The van der Waals surface area contributed by atoms with Gasteiger partial charge in [0.05, 0.1) is 12.1 Å². The number of phenolic OH excluding ortho intramolecular Hbond substituents is 1. The van der Waals surface area contributed by atoms with Gasteiger partial charge in [-0.2, -0.15) is 0 Å². The van der Waals surface area contributed by atoms with Crippen molar-refractivity contribution in [3.8, 4) is 17.2 Å². The first-order chi connectivity index (χ1) is 26.0. The van der Waals surface area contributed by atoms with Gasteiger partial charge < -0.3 is 50.2 Å². The Labute approximate surface area is 314 Å². The van der Waals surface area contributed by atoms with Crippen LogP contribution in [0.25, 0.3) is 17.4 Å². The van der Waals surface area contributed by atoms with Crippen LogP contribution in [-0.4, -0.2) is 99.3 Å². The number of rotatable bonds is 15. The number of carbonyl (C=O) groups is 1. The predicted molar refractivity (Wildman–Crippen MR) is 204 cm³/mol. The molecular formula is C42H48N2O10. The third-order valence-corrected chi connectivity index (χ3v) is 10.5. The number of aliphatic imine (C=N–C) groups is 1. The van der Waals surface area contributed by atoms with Crippen LogP contribution >= 0.6 is 0 Å². The first-order valence-corrected chi connectivity index (χ1v) is 18.2. The van der Waals surface area contributed by atoms with E-state index in [1.807, 2.05) is 18.3 Å². The number of fused-ring (bicyclic) bond motifs is 1. The van der Waals surface area contributed by atoms with Gasteiger partial charge in [-0.25, -0.2) is 4.79 Å². The first kappa shape index (κ1) is 38.7. The number of aliphatic carboxylic acids is 1. The zero-order chi connectivity index (χ0) is 38.4. The van der Waals surface area contributed by atoms with E-state index < -0.39 is 36.2 Å². The van der Waals surface area contributed by atoms with Crippen molar-refractivity contribution in [2.24, 2.45) is 16.8 Å². The molecule has 0 aliphatic carbocycles. The molecule has 0 amide bonds. The molecule has 3 heterocycles. The van der Waals surface area contributed by atoms with Crippen molar-refractivity contribution in [1.82, 2.24) is 5.32 Å². The number of nitrogens with one attached hydrogen (secondary N) is 1. The number of hydrogen-bond donors (Lipinski definition) is 7. The maximum atomic E-state index is 12.0. The summed E-state index contributed by atoms with van der Waals surface area (Å²) < 4.78 is 17.6. The van der Waals surface area contributed by atoms with Gasteiger partial charge in [-0.05, 0) is 84.2 Å². The Morgan fingerprint density at radius 3 is 2.61 bits per heavy atom. The number of aliphatic hydroxyl groups is 4. The van der Waals surface area contributed by atoms with Crippen molar-refractivity contribution in [3.05, 3.63) is 107 Å². The Balaban J connectivity index is 1.19. The fourth-order valence-electron chi connectivity index (χ4n) is 7.12. The average Bonchev–Trinajstić information content (AvgIpc) is 3.69. The normalized spacial score (nSPS) is 24.9. The highest BCUT2D eigenvalue weighted by atomic mass is 16.7. The SMILES string of the molecule is CCc1ccccc1C=CCC(C)C(CNCC1(O)C(Oc2ccc3c(c2)OCC(c2ccc(O)cc2)=C3O)OC(C(=O)O)C(O)C1O)CC1=CCN=C1. The lowest BCUT2D eigenvalue weighted by Crippen LogP contribution is -2.71. The van der Waals surface area contributed by atoms with Crippen molar-refractivity contribution in [1.29, 1.82) is 0 Å². The molecule has 1 fully saturated rings. The molecule has 3 aliphatic heterocycles. The summed E-state index contributed by atoms with van der Waals surface area (Å²) in [5.74, 6) is -0.843.